The minimum Gasteiger partial charge on any atom is -0.486 e. The van der Waals surface area contributed by atoms with E-state index in [0.717, 1.165) is 30.0 Å². The minimum absolute atomic E-state index is 0.250. The lowest BCUT2D eigenvalue weighted by atomic mass is 10.1. The molecule has 0 aliphatic carbocycles. The second-order valence-electron chi connectivity index (χ2n) is 8.56. The highest BCUT2D eigenvalue weighted by atomic mass is 35.5. The molecule has 2 fully saturated rings. The summed E-state index contributed by atoms with van der Waals surface area (Å²) in [6.45, 7) is 6.87. The van der Waals surface area contributed by atoms with Gasteiger partial charge >= 0.3 is 0 Å². The smallest absolute Gasteiger partial charge is 0.204 e. The summed E-state index contributed by atoms with van der Waals surface area (Å²) in [6.07, 6.45) is 7.49. The maximum absolute atomic E-state index is 13.8. The SMILES string of the molecule is Clc1ccc(N2CCCC2)cc1.Fc1cc(CCCN2CCCC2)cc2c1OCCO2.NC=O. The molecule has 34 heavy (non-hydrogen) atoms. The molecule has 2 N–H and O–H groups in total. The summed E-state index contributed by atoms with van der Waals surface area (Å²) in [5.41, 5.74) is 6.47. The van der Waals surface area contributed by atoms with Crippen LogP contribution in [0.3, 0.4) is 0 Å². The van der Waals surface area contributed by atoms with Crippen molar-refractivity contribution >= 4 is 23.7 Å². The Morgan fingerprint density at radius 2 is 1.59 bits per heavy atom. The average molecular weight is 492 g/mol. The van der Waals surface area contributed by atoms with Gasteiger partial charge in [-0.25, -0.2) is 4.39 Å². The molecular weight excluding hydrogens is 457 g/mol. The summed E-state index contributed by atoms with van der Waals surface area (Å²) in [5, 5.41) is 0.818. The van der Waals surface area contributed by atoms with Crippen LogP contribution < -0.4 is 20.1 Å². The van der Waals surface area contributed by atoms with Gasteiger partial charge in [0.2, 0.25) is 6.41 Å². The number of benzene rings is 2. The van der Waals surface area contributed by atoms with Crippen molar-refractivity contribution < 1.29 is 18.7 Å². The molecule has 0 saturated carbocycles. The van der Waals surface area contributed by atoms with E-state index in [1.807, 2.05) is 18.2 Å². The Morgan fingerprint density at radius 1 is 0.971 bits per heavy atom. The molecule has 0 bridgehead atoms. The second-order valence-corrected chi connectivity index (χ2v) is 9.00. The quantitative estimate of drug-likeness (QED) is 0.616. The Bertz CT molecular complexity index is 886. The Kier molecular flexibility index (Phi) is 10.8. The number of hydrogen-bond donors (Lipinski definition) is 1. The largest absolute Gasteiger partial charge is 0.486 e. The van der Waals surface area contributed by atoms with Crippen LogP contribution in [0.4, 0.5) is 10.1 Å². The predicted molar refractivity (Wildman–Crippen MR) is 135 cm³/mol. The van der Waals surface area contributed by atoms with Crippen LogP contribution in [-0.4, -0.2) is 57.2 Å². The molecule has 3 aliphatic rings. The fraction of sp³-hybridized carbons (Fsp3) is 0.500. The van der Waals surface area contributed by atoms with Crippen molar-refractivity contribution in [2.45, 2.75) is 38.5 Å². The third-order valence-corrected chi connectivity index (χ3v) is 6.34. The van der Waals surface area contributed by atoms with Gasteiger partial charge in [-0.15, -0.1) is 0 Å². The number of hydrogen-bond acceptors (Lipinski definition) is 5. The molecular formula is C26H35ClFN3O3. The fourth-order valence-electron chi connectivity index (χ4n) is 4.45. The molecule has 3 heterocycles. The van der Waals surface area contributed by atoms with E-state index in [9.17, 15) is 4.39 Å². The molecule has 0 aromatic heterocycles. The van der Waals surface area contributed by atoms with Gasteiger partial charge in [-0.1, -0.05) is 11.6 Å². The number of rotatable bonds is 5. The molecule has 0 atom stereocenters. The molecule has 1 amide bonds. The molecule has 186 valence electrons. The van der Waals surface area contributed by atoms with E-state index in [1.54, 1.807) is 6.07 Å². The van der Waals surface area contributed by atoms with Gasteiger partial charge in [-0.3, -0.25) is 4.79 Å². The summed E-state index contributed by atoms with van der Waals surface area (Å²) >= 11 is 5.80. The molecule has 5 rings (SSSR count). The number of halogens is 2. The molecule has 2 aromatic carbocycles. The first-order valence-corrected chi connectivity index (χ1v) is 12.4. The van der Waals surface area contributed by atoms with Gasteiger partial charge in [0.1, 0.15) is 13.2 Å². The molecule has 0 spiro atoms. The monoisotopic (exact) mass is 491 g/mol. The maximum Gasteiger partial charge on any atom is 0.204 e. The number of aryl methyl sites for hydroxylation is 1. The first-order valence-electron chi connectivity index (χ1n) is 12.1. The lowest BCUT2D eigenvalue weighted by Gasteiger charge is -2.20. The third kappa shape index (κ3) is 8.06. The zero-order valence-corrected chi connectivity index (χ0v) is 20.4. The first kappa shape index (κ1) is 26.1. The van der Waals surface area contributed by atoms with Crippen molar-refractivity contribution in [1.29, 1.82) is 0 Å². The third-order valence-electron chi connectivity index (χ3n) is 6.09. The molecule has 8 heteroatoms. The van der Waals surface area contributed by atoms with Crippen molar-refractivity contribution in [1.82, 2.24) is 4.90 Å². The highest BCUT2D eigenvalue weighted by Gasteiger charge is 2.18. The molecule has 2 saturated heterocycles. The Labute approximate surface area is 206 Å². The number of likely N-dealkylation sites (tertiary alicyclic amines) is 1. The van der Waals surface area contributed by atoms with Crippen molar-refractivity contribution in [2.75, 3.05) is 50.8 Å². The normalized spacial score (nSPS) is 16.8. The van der Waals surface area contributed by atoms with Gasteiger partial charge in [-0.2, -0.15) is 0 Å². The van der Waals surface area contributed by atoms with Crippen molar-refractivity contribution in [2.24, 2.45) is 5.73 Å². The Balaban J connectivity index is 0.000000185. The first-order chi connectivity index (χ1) is 16.6. The Morgan fingerprint density at radius 3 is 2.26 bits per heavy atom. The number of primary amides is 1. The van der Waals surface area contributed by atoms with Crippen LogP contribution in [0.1, 0.15) is 37.7 Å². The number of nitrogens with zero attached hydrogens (tertiary/aromatic N) is 2. The standard InChI is InChI=1S/C15H20FNO2.C10H12ClN.CH3NO/c16-13-10-12(4-3-7-17-5-1-2-6-17)11-14-15(13)19-9-8-18-14;11-9-3-5-10(6-4-9)12-7-1-2-8-12;2-1-3/h10-11H,1-9H2;3-6H,1-2,7-8H2;1H,(H2,2,3). The van der Waals surface area contributed by atoms with E-state index in [-0.39, 0.29) is 18.0 Å². The summed E-state index contributed by atoms with van der Waals surface area (Å²) in [6, 6.07) is 11.6. The van der Waals surface area contributed by atoms with Crippen molar-refractivity contribution in [3.05, 3.63) is 52.8 Å². The zero-order chi connectivity index (χ0) is 24.2. The van der Waals surface area contributed by atoms with Gasteiger partial charge < -0.3 is 25.0 Å². The van der Waals surface area contributed by atoms with E-state index in [0.29, 0.717) is 19.0 Å². The summed E-state index contributed by atoms with van der Waals surface area (Å²) < 4.78 is 24.6. The number of ether oxygens (including phenoxy) is 2. The van der Waals surface area contributed by atoms with E-state index in [4.69, 9.17) is 25.9 Å². The minimum atomic E-state index is -0.298. The lowest BCUT2D eigenvalue weighted by molar-refractivity contribution is -0.106. The van der Waals surface area contributed by atoms with E-state index < -0.39 is 0 Å². The molecule has 2 aromatic rings. The highest BCUT2D eigenvalue weighted by molar-refractivity contribution is 6.30. The lowest BCUT2D eigenvalue weighted by Crippen LogP contribution is -2.21. The summed E-state index contributed by atoms with van der Waals surface area (Å²) in [7, 11) is 0. The number of amides is 1. The van der Waals surface area contributed by atoms with Gasteiger partial charge in [0.15, 0.2) is 17.3 Å². The van der Waals surface area contributed by atoms with E-state index in [2.05, 4.69) is 27.7 Å². The fourth-order valence-corrected chi connectivity index (χ4v) is 4.57. The maximum atomic E-state index is 13.8. The summed E-state index contributed by atoms with van der Waals surface area (Å²) in [5.74, 6) is 0.533. The van der Waals surface area contributed by atoms with Gasteiger partial charge in [0.05, 0.1) is 0 Å². The predicted octanol–water partition coefficient (Wildman–Crippen LogP) is 4.67. The number of nitrogens with two attached hydrogens (primary N) is 1. The molecule has 6 nitrogen and oxygen atoms in total. The van der Waals surface area contributed by atoms with Crippen LogP contribution in [0.2, 0.25) is 5.02 Å². The van der Waals surface area contributed by atoms with E-state index >= 15 is 0 Å². The van der Waals surface area contributed by atoms with Crippen LogP contribution in [-0.2, 0) is 11.2 Å². The van der Waals surface area contributed by atoms with Gasteiger partial charge in [-0.05, 0) is 100 Å². The van der Waals surface area contributed by atoms with Crippen LogP contribution in [0.25, 0.3) is 0 Å². The average Bonchev–Trinajstić information content (AvgIpc) is 3.56. The van der Waals surface area contributed by atoms with Gasteiger partial charge in [0, 0.05) is 23.8 Å². The van der Waals surface area contributed by atoms with Crippen LogP contribution in [0, 0.1) is 5.82 Å². The van der Waals surface area contributed by atoms with Crippen LogP contribution >= 0.6 is 11.6 Å². The number of carbonyl (C=O) groups is 1. The number of anilines is 1. The summed E-state index contributed by atoms with van der Waals surface area (Å²) in [4.78, 5) is 13.5. The molecule has 0 radical (unpaired) electrons. The number of fused-ring (bicyclic) bond motifs is 1. The zero-order valence-electron chi connectivity index (χ0n) is 19.7. The van der Waals surface area contributed by atoms with Crippen molar-refractivity contribution in [3.63, 3.8) is 0 Å². The van der Waals surface area contributed by atoms with Crippen molar-refractivity contribution in [3.8, 4) is 11.5 Å². The highest BCUT2D eigenvalue weighted by Crippen LogP contribution is 2.34. The number of carbonyl (C=O) groups excluding carboxylic acids is 1. The molecule has 0 unspecified atom stereocenters. The second kappa shape index (κ2) is 14.0. The van der Waals surface area contributed by atoms with Gasteiger partial charge in [0.25, 0.3) is 0 Å². The molecule has 3 aliphatic heterocycles. The topological polar surface area (TPSA) is 68.0 Å². The Hall–Kier alpha value is -2.51. The van der Waals surface area contributed by atoms with E-state index in [1.165, 1.54) is 57.5 Å². The van der Waals surface area contributed by atoms with Crippen LogP contribution in [0.15, 0.2) is 36.4 Å². The van der Waals surface area contributed by atoms with Crippen LogP contribution in [0.5, 0.6) is 11.5 Å².